The number of benzene rings is 2. The molecule has 216 valence electrons. The second-order valence-electron chi connectivity index (χ2n) is 8.52. The van der Waals surface area contributed by atoms with Crippen molar-refractivity contribution >= 4 is 12.1 Å². The molecule has 0 bridgehead atoms. The highest BCUT2D eigenvalue weighted by atomic mass is 19.4. The topological polar surface area (TPSA) is 94.5 Å². The van der Waals surface area contributed by atoms with Crippen molar-refractivity contribution < 1.29 is 51.2 Å². The van der Waals surface area contributed by atoms with Gasteiger partial charge in [-0.05, 0) is 55.2 Å². The Bertz CT molecular complexity index is 1000. The van der Waals surface area contributed by atoms with Crippen molar-refractivity contribution in [3.8, 4) is 5.75 Å². The number of rotatable bonds is 17. The van der Waals surface area contributed by atoms with Gasteiger partial charge in [0, 0.05) is 26.2 Å². The first-order chi connectivity index (χ1) is 18.6. The zero-order valence-electron chi connectivity index (χ0n) is 21.6. The lowest BCUT2D eigenvalue weighted by molar-refractivity contribution is -0.162. The smallest absolute Gasteiger partial charge is 0.422 e. The molecule has 0 saturated carbocycles. The van der Waals surface area contributed by atoms with Crippen LogP contribution in [0.15, 0.2) is 48.5 Å². The monoisotopic (exact) mass is 559 g/mol. The number of aliphatic carboxylic acids is 1. The Kier molecular flexibility index (Phi) is 13.5. The summed E-state index contributed by atoms with van der Waals surface area (Å²) >= 11 is 0. The highest BCUT2D eigenvalue weighted by Gasteiger charge is 2.30. The van der Waals surface area contributed by atoms with Crippen molar-refractivity contribution in [3.05, 3.63) is 65.5 Å². The average molecular weight is 560 g/mol. The number of carbonyl (C=O) groups is 2. The number of carbonyl (C=O) groups excluding carboxylic acids is 1. The van der Waals surface area contributed by atoms with Gasteiger partial charge in [-0.2, -0.15) is 13.2 Å². The summed E-state index contributed by atoms with van der Waals surface area (Å²) in [5.74, 6) is -0.961. The maximum atomic E-state index is 12.9. The highest BCUT2D eigenvalue weighted by Crippen LogP contribution is 2.17. The lowest BCUT2D eigenvalue weighted by Crippen LogP contribution is -2.37. The van der Waals surface area contributed by atoms with Crippen LogP contribution in [0.25, 0.3) is 0 Å². The summed E-state index contributed by atoms with van der Waals surface area (Å²) in [7, 11) is 0. The number of hydrogen-bond acceptors (Lipinski definition) is 6. The van der Waals surface area contributed by atoms with E-state index in [-0.39, 0.29) is 45.1 Å². The van der Waals surface area contributed by atoms with Crippen molar-refractivity contribution in [2.75, 3.05) is 39.5 Å². The molecule has 0 aliphatic carbocycles. The molecule has 1 N–H and O–H groups in total. The largest absolute Gasteiger partial charge is 0.492 e. The summed E-state index contributed by atoms with van der Waals surface area (Å²) in [5, 5.41) is 9.20. The Morgan fingerprint density at radius 3 is 2.23 bits per heavy atom. The Morgan fingerprint density at radius 2 is 1.62 bits per heavy atom. The molecule has 0 fully saturated rings. The molecule has 39 heavy (non-hydrogen) atoms. The van der Waals surface area contributed by atoms with Crippen molar-refractivity contribution in [3.63, 3.8) is 0 Å². The molecule has 2 aromatic carbocycles. The molecule has 1 atom stereocenters. The fraction of sp³-hybridized carbons (Fsp3) is 0.481. The van der Waals surface area contributed by atoms with Crippen LogP contribution in [0.1, 0.15) is 30.9 Å². The standard InChI is InChI=1S/C27H33F4NO7/c1-2-37-24(25(33)34)17-20-7-11-23(12-8-20)38-16-14-32(26(35)39-19-27(29,30)31)13-3-4-15-36-18-21-5-9-22(28)10-6-21/h5-12,24H,2-4,13-19H2,1H3,(H,33,34). The zero-order valence-corrected chi connectivity index (χ0v) is 21.6. The third-order valence-electron chi connectivity index (χ3n) is 5.38. The summed E-state index contributed by atoms with van der Waals surface area (Å²) in [6, 6.07) is 12.5. The third-order valence-corrected chi connectivity index (χ3v) is 5.38. The van der Waals surface area contributed by atoms with Crippen molar-refractivity contribution in [1.82, 2.24) is 4.90 Å². The molecule has 0 aliphatic heterocycles. The van der Waals surface area contributed by atoms with E-state index in [4.69, 9.17) is 14.2 Å². The summed E-state index contributed by atoms with van der Waals surface area (Å²) < 4.78 is 71.2. The molecule has 1 unspecified atom stereocenters. The van der Waals surface area contributed by atoms with Gasteiger partial charge in [0.05, 0.1) is 13.2 Å². The van der Waals surface area contributed by atoms with Gasteiger partial charge in [-0.25, -0.2) is 14.0 Å². The number of halogens is 4. The Hall–Kier alpha value is -3.38. The number of carboxylic acid groups (broad SMARTS) is 1. The van der Waals surface area contributed by atoms with Gasteiger partial charge in [0.2, 0.25) is 0 Å². The van der Waals surface area contributed by atoms with Gasteiger partial charge in [0.1, 0.15) is 18.2 Å². The van der Waals surface area contributed by atoms with Gasteiger partial charge in [-0.1, -0.05) is 24.3 Å². The van der Waals surface area contributed by atoms with Gasteiger partial charge in [0.25, 0.3) is 0 Å². The first kappa shape index (κ1) is 31.8. The maximum absolute atomic E-state index is 12.9. The summed E-state index contributed by atoms with van der Waals surface area (Å²) in [5.41, 5.74) is 1.53. The van der Waals surface area contributed by atoms with Crippen molar-refractivity contribution in [1.29, 1.82) is 0 Å². The van der Waals surface area contributed by atoms with Gasteiger partial charge >= 0.3 is 18.2 Å². The zero-order chi connectivity index (χ0) is 28.7. The second-order valence-corrected chi connectivity index (χ2v) is 8.52. The number of ether oxygens (including phenoxy) is 4. The normalized spacial score (nSPS) is 12.1. The second kappa shape index (κ2) is 16.6. The van der Waals surface area contributed by atoms with Gasteiger partial charge in [0.15, 0.2) is 12.7 Å². The van der Waals surface area contributed by atoms with E-state index in [9.17, 15) is 32.3 Å². The Balaban J connectivity index is 1.80. The SMILES string of the molecule is CCOC(Cc1ccc(OCCN(CCCCOCc2ccc(F)cc2)C(=O)OCC(F)(F)F)cc1)C(=O)O. The lowest BCUT2D eigenvalue weighted by Gasteiger charge is -2.22. The van der Waals surface area contributed by atoms with Crippen LogP contribution in [-0.4, -0.2) is 73.9 Å². The number of hydrogen-bond donors (Lipinski definition) is 1. The molecule has 12 heteroatoms. The van der Waals surface area contributed by atoms with Gasteiger partial charge in [-0.3, -0.25) is 0 Å². The first-order valence-corrected chi connectivity index (χ1v) is 12.4. The first-order valence-electron chi connectivity index (χ1n) is 12.4. The van der Waals surface area contributed by atoms with E-state index in [1.807, 2.05) is 0 Å². The summed E-state index contributed by atoms with van der Waals surface area (Å²) in [6.45, 7) is 1.03. The molecule has 0 aliphatic rings. The molecule has 0 aromatic heterocycles. The quantitative estimate of drug-likeness (QED) is 0.209. The summed E-state index contributed by atoms with van der Waals surface area (Å²) in [6.07, 6.45) is -5.55. The Labute approximate surface area is 224 Å². The van der Waals surface area contributed by atoms with E-state index in [1.165, 1.54) is 12.1 Å². The minimum Gasteiger partial charge on any atom is -0.492 e. The number of amides is 1. The molecule has 1 amide bonds. The third kappa shape index (κ3) is 13.3. The molecule has 0 spiro atoms. The highest BCUT2D eigenvalue weighted by molar-refractivity contribution is 5.72. The van der Waals surface area contributed by atoms with Crippen LogP contribution in [0.4, 0.5) is 22.4 Å². The molecule has 0 radical (unpaired) electrons. The van der Waals surface area contributed by atoms with Crippen LogP contribution in [0.3, 0.4) is 0 Å². The molecule has 2 aromatic rings. The van der Waals surface area contributed by atoms with Crippen LogP contribution in [0.5, 0.6) is 5.75 Å². The number of carboxylic acids is 1. The maximum Gasteiger partial charge on any atom is 0.422 e. The van der Waals surface area contributed by atoms with E-state index in [2.05, 4.69) is 4.74 Å². The van der Waals surface area contributed by atoms with Crippen LogP contribution in [0.2, 0.25) is 0 Å². The van der Waals surface area contributed by atoms with E-state index in [1.54, 1.807) is 43.3 Å². The average Bonchev–Trinajstić information content (AvgIpc) is 2.89. The molecule has 0 heterocycles. The molecule has 0 saturated heterocycles. The number of alkyl halides is 3. The minimum absolute atomic E-state index is 0.00176. The summed E-state index contributed by atoms with van der Waals surface area (Å²) in [4.78, 5) is 24.6. The van der Waals surface area contributed by atoms with E-state index < -0.39 is 30.9 Å². The van der Waals surface area contributed by atoms with Crippen LogP contribution >= 0.6 is 0 Å². The molecule has 8 nitrogen and oxygen atoms in total. The predicted octanol–water partition coefficient (Wildman–Crippen LogP) is 5.23. The van der Waals surface area contributed by atoms with E-state index in [0.717, 1.165) is 16.0 Å². The molecular formula is C27H33F4NO7. The number of nitrogens with zero attached hydrogens (tertiary/aromatic N) is 1. The lowest BCUT2D eigenvalue weighted by atomic mass is 10.1. The molecule has 2 rings (SSSR count). The minimum atomic E-state index is -4.64. The van der Waals surface area contributed by atoms with Crippen LogP contribution < -0.4 is 4.74 Å². The van der Waals surface area contributed by atoms with E-state index >= 15 is 0 Å². The van der Waals surface area contributed by atoms with E-state index in [0.29, 0.717) is 25.2 Å². The number of unbranched alkanes of at least 4 members (excludes halogenated alkanes) is 1. The van der Waals surface area contributed by atoms with Gasteiger partial charge < -0.3 is 29.0 Å². The molecular weight excluding hydrogens is 526 g/mol. The van der Waals surface area contributed by atoms with Crippen LogP contribution in [0, 0.1) is 5.82 Å². The predicted molar refractivity (Wildman–Crippen MR) is 133 cm³/mol. The fourth-order valence-electron chi connectivity index (χ4n) is 3.43. The van der Waals surface area contributed by atoms with Gasteiger partial charge in [-0.15, -0.1) is 0 Å². The Morgan fingerprint density at radius 1 is 0.949 bits per heavy atom. The van der Waals surface area contributed by atoms with Crippen LogP contribution in [-0.2, 0) is 32.0 Å². The van der Waals surface area contributed by atoms with Crippen molar-refractivity contribution in [2.24, 2.45) is 0 Å². The van der Waals surface area contributed by atoms with Crippen molar-refractivity contribution in [2.45, 2.75) is 45.1 Å². The fourth-order valence-corrected chi connectivity index (χ4v) is 3.43.